The molecule has 0 saturated carbocycles. The molecule has 44 heavy (non-hydrogen) atoms. The number of unbranched alkanes of at least 4 members (excludes halogenated alkanes) is 1. The van der Waals surface area contributed by atoms with Gasteiger partial charge in [-0.3, -0.25) is 14.6 Å². The third-order valence-electron chi connectivity index (χ3n) is 8.99. The van der Waals surface area contributed by atoms with Crippen molar-refractivity contribution in [2.24, 2.45) is 0 Å². The van der Waals surface area contributed by atoms with Crippen LogP contribution in [-0.2, 0) is 10.2 Å². The van der Waals surface area contributed by atoms with E-state index in [-0.39, 0.29) is 11.9 Å². The van der Waals surface area contributed by atoms with Gasteiger partial charge in [0.05, 0.1) is 11.1 Å². The maximum absolute atomic E-state index is 13.7. The van der Waals surface area contributed by atoms with E-state index in [1.165, 1.54) is 0 Å². The molecule has 9 heteroatoms. The van der Waals surface area contributed by atoms with Gasteiger partial charge < -0.3 is 15.5 Å². The lowest BCUT2D eigenvalue weighted by Crippen LogP contribution is -2.47. The molecule has 0 spiro atoms. The molecule has 1 saturated heterocycles. The van der Waals surface area contributed by atoms with Crippen molar-refractivity contribution in [1.82, 2.24) is 20.5 Å². The van der Waals surface area contributed by atoms with Crippen LogP contribution in [0.3, 0.4) is 0 Å². The second-order valence-electron chi connectivity index (χ2n) is 11.7. The lowest BCUT2D eigenvalue weighted by atomic mass is 9.73. The smallest absolute Gasteiger partial charge is 0.349 e. The van der Waals surface area contributed by atoms with Gasteiger partial charge in [0.2, 0.25) is 5.91 Å². The molecule has 4 aromatic rings. The van der Waals surface area contributed by atoms with Crippen molar-refractivity contribution in [3.8, 4) is 11.1 Å². The maximum Gasteiger partial charge on any atom is 0.405 e. The third kappa shape index (κ3) is 5.93. The quantitative estimate of drug-likeness (QED) is 0.223. The first-order valence-electron chi connectivity index (χ1n) is 15.2. The van der Waals surface area contributed by atoms with Crippen molar-refractivity contribution in [3.05, 3.63) is 102 Å². The van der Waals surface area contributed by atoms with Gasteiger partial charge in [-0.1, -0.05) is 73.2 Å². The zero-order valence-electron chi connectivity index (χ0n) is 24.4. The number of pyridine rings is 1. The van der Waals surface area contributed by atoms with Crippen LogP contribution in [0.25, 0.3) is 22.0 Å². The maximum atomic E-state index is 13.7. The van der Waals surface area contributed by atoms with Gasteiger partial charge in [-0.2, -0.15) is 13.2 Å². The summed E-state index contributed by atoms with van der Waals surface area (Å²) in [6.45, 7) is 1.13. The summed E-state index contributed by atoms with van der Waals surface area (Å²) in [4.78, 5) is 33.4. The molecule has 0 radical (unpaired) electrons. The lowest BCUT2D eigenvalue weighted by molar-refractivity contribution is -0.141. The first-order chi connectivity index (χ1) is 21.3. The lowest BCUT2D eigenvalue weighted by Gasteiger charge is -2.33. The fourth-order valence-electron chi connectivity index (χ4n) is 6.87. The molecule has 3 aromatic carbocycles. The number of hydrogen-bond donors (Lipinski definition) is 2. The fourth-order valence-corrected chi connectivity index (χ4v) is 6.87. The Labute approximate surface area is 254 Å². The molecule has 2 N–H and O–H groups in total. The molecule has 1 aromatic heterocycles. The standard InChI is InChI=1S/C35H35F3N4O2/c36-35(37,38)23-40-33(44)34(29-12-4-1-9-25(29)26-10-2-5-13-30(26)34)18-7-8-20-42-21-16-24(17-22-42)41-32(43)28-15-19-39-31-14-6-3-11-27(28)31/h1-6,9-15,19,24H,7-8,16-18,20-23H2,(H,40,44)(H,41,43). The third-order valence-corrected chi connectivity index (χ3v) is 8.99. The van der Waals surface area contributed by atoms with Crippen LogP contribution in [0, 0.1) is 0 Å². The number of amides is 2. The average molecular weight is 601 g/mol. The molecule has 228 valence electrons. The molecule has 1 aliphatic heterocycles. The van der Waals surface area contributed by atoms with Crippen molar-refractivity contribution >= 4 is 22.7 Å². The SMILES string of the molecule is O=C(NC1CCN(CCCCC2(C(=O)NCC(F)(F)F)c3ccccc3-c3ccccc32)CC1)c1ccnc2ccccc12. The Morgan fingerprint density at radius 1 is 0.864 bits per heavy atom. The molecule has 1 aliphatic carbocycles. The van der Waals surface area contributed by atoms with Crippen molar-refractivity contribution in [2.75, 3.05) is 26.2 Å². The van der Waals surface area contributed by atoms with E-state index in [2.05, 4.69) is 20.5 Å². The first kappa shape index (κ1) is 29.8. The number of piperidine rings is 1. The number of benzene rings is 3. The molecule has 6 nitrogen and oxygen atoms in total. The van der Waals surface area contributed by atoms with E-state index in [0.29, 0.717) is 18.4 Å². The molecular formula is C35H35F3N4O2. The molecule has 0 unspecified atom stereocenters. The highest BCUT2D eigenvalue weighted by atomic mass is 19.4. The topological polar surface area (TPSA) is 74.3 Å². The highest BCUT2D eigenvalue weighted by Gasteiger charge is 2.49. The van der Waals surface area contributed by atoms with E-state index in [1.807, 2.05) is 72.8 Å². The van der Waals surface area contributed by atoms with Crippen LogP contribution in [-0.4, -0.2) is 60.1 Å². The van der Waals surface area contributed by atoms with Gasteiger partial charge in [-0.05, 0) is 66.6 Å². The van der Waals surface area contributed by atoms with Gasteiger partial charge in [0, 0.05) is 30.7 Å². The molecule has 0 bridgehead atoms. The van der Waals surface area contributed by atoms with Gasteiger partial charge in [0.25, 0.3) is 5.91 Å². The van der Waals surface area contributed by atoms with Crippen LogP contribution >= 0.6 is 0 Å². The zero-order chi connectivity index (χ0) is 30.7. The van der Waals surface area contributed by atoms with Crippen LogP contribution in [0.1, 0.15) is 53.6 Å². The minimum Gasteiger partial charge on any atom is -0.349 e. The summed E-state index contributed by atoms with van der Waals surface area (Å²) >= 11 is 0. The second-order valence-corrected chi connectivity index (χ2v) is 11.7. The Kier molecular flexibility index (Phi) is 8.40. The normalized spacial score (nSPS) is 16.3. The largest absolute Gasteiger partial charge is 0.405 e. The van der Waals surface area contributed by atoms with Gasteiger partial charge in [-0.15, -0.1) is 0 Å². The summed E-state index contributed by atoms with van der Waals surface area (Å²) in [5.41, 5.74) is 3.56. The number of nitrogens with zero attached hydrogens (tertiary/aromatic N) is 2. The fraction of sp³-hybridized carbons (Fsp3) is 0.343. The number of hydrogen-bond acceptors (Lipinski definition) is 4. The Morgan fingerprint density at radius 3 is 2.18 bits per heavy atom. The number of halogens is 3. The number of carbonyl (C=O) groups excluding carboxylic acids is 2. The van der Waals surface area contributed by atoms with Crippen LogP contribution < -0.4 is 10.6 Å². The van der Waals surface area contributed by atoms with E-state index in [4.69, 9.17) is 0 Å². The number of alkyl halides is 3. The molecular weight excluding hydrogens is 565 g/mol. The van der Waals surface area contributed by atoms with Crippen LogP contribution in [0.15, 0.2) is 85.1 Å². The molecule has 2 heterocycles. The molecule has 1 fully saturated rings. The molecule has 2 amide bonds. The average Bonchev–Trinajstić information content (AvgIpc) is 3.32. The summed E-state index contributed by atoms with van der Waals surface area (Å²) in [6, 6.07) is 24.5. The van der Waals surface area contributed by atoms with Gasteiger partial charge in [-0.25, -0.2) is 0 Å². The van der Waals surface area contributed by atoms with Crippen molar-refractivity contribution in [2.45, 2.75) is 49.7 Å². The van der Waals surface area contributed by atoms with Gasteiger partial charge >= 0.3 is 6.18 Å². The second kappa shape index (κ2) is 12.4. The summed E-state index contributed by atoms with van der Waals surface area (Å²) in [5, 5.41) is 6.24. The van der Waals surface area contributed by atoms with Crippen LogP contribution in [0.4, 0.5) is 13.2 Å². The molecule has 2 aliphatic rings. The van der Waals surface area contributed by atoms with E-state index >= 15 is 0 Å². The van der Waals surface area contributed by atoms with E-state index < -0.39 is 24.0 Å². The van der Waals surface area contributed by atoms with E-state index in [1.54, 1.807) is 12.3 Å². The van der Waals surface area contributed by atoms with Crippen molar-refractivity contribution in [3.63, 3.8) is 0 Å². The Morgan fingerprint density at radius 2 is 1.50 bits per heavy atom. The minimum atomic E-state index is -4.49. The van der Waals surface area contributed by atoms with Crippen molar-refractivity contribution in [1.29, 1.82) is 0 Å². The minimum absolute atomic E-state index is 0.0813. The van der Waals surface area contributed by atoms with Gasteiger partial charge in [0.1, 0.15) is 12.0 Å². The van der Waals surface area contributed by atoms with Crippen LogP contribution in [0.5, 0.6) is 0 Å². The van der Waals surface area contributed by atoms with Crippen molar-refractivity contribution < 1.29 is 22.8 Å². The number of nitrogens with one attached hydrogen (secondary N) is 2. The summed E-state index contributed by atoms with van der Waals surface area (Å²) in [6.07, 6.45) is 0.723. The number of para-hydroxylation sites is 1. The molecule has 0 atom stereocenters. The molecule has 6 rings (SSSR count). The Bertz CT molecular complexity index is 1610. The highest BCUT2D eigenvalue weighted by molar-refractivity contribution is 6.06. The number of likely N-dealkylation sites (tertiary alicyclic amines) is 1. The predicted octanol–water partition coefficient (Wildman–Crippen LogP) is 6.24. The monoisotopic (exact) mass is 600 g/mol. The number of aromatic nitrogens is 1. The Hall–Kier alpha value is -4.24. The Balaban J connectivity index is 1.07. The summed E-state index contributed by atoms with van der Waals surface area (Å²) < 4.78 is 39.4. The van der Waals surface area contributed by atoms with E-state index in [0.717, 1.165) is 72.1 Å². The number of carbonyl (C=O) groups is 2. The number of rotatable bonds is 9. The predicted molar refractivity (Wildman–Crippen MR) is 164 cm³/mol. The highest BCUT2D eigenvalue weighted by Crippen LogP contribution is 2.51. The summed E-state index contributed by atoms with van der Waals surface area (Å²) in [7, 11) is 0. The number of fused-ring (bicyclic) bond motifs is 4. The van der Waals surface area contributed by atoms with Gasteiger partial charge in [0.15, 0.2) is 0 Å². The zero-order valence-corrected chi connectivity index (χ0v) is 24.4. The summed E-state index contributed by atoms with van der Waals surface area (Å²) in [5.74, 6) is -0.695. The van der Waals surface area contributed by atoms with Crippen LogP contribution in [0.2, 0.25) is 0 Å². The van der Waals surface area contributed by atoms with E-state index in [9.17, 15) is 22.8 Å². The first-order valence-corrected chi connectivity index (χ1v) is 15.2.